The van der Waals surface area contributed by atoms with E-state index in [1.165, 1.54) is 0 Å². The molecule has 0 aromatic heterocycles. The van der Waals surface area contributed by atoms with Crippen LogP contribution in [0.3, 0.4) is 0 Å². The molecule has 2 aromatic rings. The van der Waals surface area contributed by atoms with Gasteiger partial charge in [-0.15, -0.1) is 12.4 Å². The van der Waals surface area contributed by atoms with E-state index in [0.29, 0.717) is 18.0 Å². The van der Waals surface area contributed by atoms with Gasteiger partial charge in [-0.3, -0.25) is 4.79 Å². The predicted octanol–water partition coefficient (Wildman–Crippen LogP) is 3.13. The molecule has 4 nitrogen and oxygen atoms in total. The molecule has 0 radical (unpaired) electrons. The van der Waals surface area contributed by atoms with Gasteiger partial charge in [0.05, 0.1) is 20.8 Å². The maximum absolute atomic E-state index is 12.3. The number of rotatable bonds is 2. The highest BCUT2D eigenvalue weighted by Crippen LogP contribution is 2.37. The van der Waals surface area contributed by atoms with Gasteiger partial charge in [-0.1, -0.05) is 12.1 Å². The molecule has 0 aliphatic carbocycles. The summed E-state index contributed by atoms with van der Waals surface area (Å²) in [6.45, 7) is 2.44. The molecule has 21 heavy (non-hydrogen) atoms. The fourth-order valence-corrected chi connectivity index (χ4v) is 2.78. The molecule has 0 saturated carbocycles. The van der Waals surface area contributed by atoms with Crippen molar-refractivity contribution in [2.24, 2.45) is 0 Å². The van der Waals surface area contributed by atoms with E-state index in [1.54, 1.807) is 14.2 Å². The summed E-state index contributed by atoms with van der Waals surface area (Å²) in [5.41, 5.74) is 1.84. The summed E-state index contributed by atoms with van der Waals surface area (Å²) < 4.78 is 10.7. The molecule has 5 heteroatoms. The van der Waals surface area contributed by atoms with Crippen LogP contribution in [-0.4, -0.2) is 26.5 Å². The molecular formula is C16H18ClNO3. The summed E-state index contributed by atoms with van der Waals surface area (Å²) in [6.07, 6.45) is 0. The van der Waals surface area contributed by atoms with Crippen LogP contribution in [-0.2, 0) is 0 Å². The molecule has 1 aliphatic rings. The standard InChI is InChI=1S/C16H17NO3.ClH/c1-9-11-5-4-10-6-14(19-2)15(20-3)7-12(10)16(11)13(18)8-17-9;/h4-7,9,17H,8H2,1-3H3;1H. The van der Waals surface area contributed by atoms with Gasteiger partial charge < -0.3 is 14.8 Å². The summed E-state index contributed by atoms with van der Waals surface area (Å²) in [5, 5.41) is 5.12. The topological polar surface area (TPSA) is 47.6 Å². The molecule has 1 heterocycles. The normalized spacial score (nSPS) is 17.1. The number of fused-ring (bicyclic) bond motifs is 3. The minimum atomic E-state index is 0. The van der Waals surface area contributed by atoms with Crippen LogP contribution in [0.25, 0.3) is 10.8 Å². The number of carbonyl (C=O) groups is 1. The van der Waals surface area contributed by atoms with Gasteiger partial charge in [0.2, 0.25) is 0 Å². The fraction of sp³-hybridized carbons (Fsp3) is 0.312. The number of hydrogen-bond acceptors (Lipinski definition) is 4. The Balaban J connectivity index is 0.00000161. The van der Waals surface area contributed by atoms with Gasteiger partial charge in [-0.05, 0) is 35.4 Å². The number of halogens is 1. The number of ether oxygens (including phenoxy) is 2. The first-order valence-corrected chi connectivity index (χ1v) is 6.61. The highest BCUT2D eigenvalue weighted by molar-refractivity contribution is 6.11. The molecule has 1 aliphatic heterocycles. The maximum Gasteiger partial charge on any atom is 0.177 e. The van der Waals surface area contributed by atoms with Gasteiger partial charge in [-0.2, -0.15) is 0 Å². The minimum Gasteiger partial charge on any atom is -0.493 e. The smallest absolute Gasteiger partial charge is 0.177 e. The van der Waals surface area contributed by atoms with E-state index in [0.717, 1.165) is 21.9 Å². The van der Waals surface area contributed by atoms with E-state index < -0.39 is 0 Å². The average Bonchev–Trinajstić information content (AvgIpc) is 2.48. The quantitative estimate of drug-likeness (QED) is 0.926. The molecule has 1 atom stereocenters. The Labute approximate surface area is 129 Å². The summed E-state index contributed by atoms with van der Waals surface area (Å²) in [6, 6.07) is 8.02. The number of methoxy groups -OCH3 is 2. The summed E-state index contributed by atoms with van der Waals surface area (Å²) in [5.74, 6) is 1.44. The van der Waals surface area contributed by atoms with Crippen LogP contribution in [0.5, 0.6) is 11.5 Å². The maximum atomic E-state index is 12.3. The van der Waals surface area contributed by atoms with Crippen molar-refractivity contribution in [3.05, 3.63) is 35.4 Å². The number of Topliss-reactive ketones (excluding diaryl/α,β-unsaturated/α-hetero) is 1. The van der Waals surface area contributed by atoms with Crippen molar-refractivity contribution in [2.75, 3.05) is 20.8 Å². The number of nitrogens with one attached hydrogen (secondary N) is 1. The van der Waals surface area contributed by atoms with E-state index in [1.807, 2.05) is 24.3 Å². The first-order valence-electron chi connectivity index (χ1n) is 6.61. The zero-order valence-corrected chi connectivity index (χ0v) is 13.0. The molecule has 0 spiro atoms. The van der Waals surface area contributed by atoms with Crippen molar-refractivity contribution in [1.29, 1.82) is 0 Å². The molecule has 0 amide bonds. The Hall–Kier alpha value is -1.78. The first kappa shape index (κ1) is 15.6. The molecule has 2 aromatic carbocycles. The molecule has 1 unspecified atom stereocenters. The van der Waals surface area contributed by atoms with Crippen LogP contribution in [0.2, 0.25) is 0 Å². The second-order valence-corrected chi connectivity index (χ2v) is 4.98. The monoisotopic (exact) mass is 307 g/mol. The largest absolute Gasteiger partial charge is 0.493 e. The second kappa shape index (κ2) is 5.92. The van der Waals surface area contributed by atoms with Crippen molar-refractivity contribution < 1.29 is 14.3 Å². The highest BCUT2D eigenvalue weighted by Gasteiger charge is 2.24. The summed E-state index contributed by atoms with van der Waals surface area (Å²) in [7, 11) is 3.21. The van der Waals surface area contributed by atoms with E-state index in [2.05, 4.69) is 12.2 Å². The number of hydrogen-bond donors (Lipinski definition) is 1. The Bertz CT molecular complexity index is 699. The van der Waals surface area contributed by atoms with E-state index in [4.69, 9.17) is 9.47 Å². The molecule has 0 saturated heterocycles. The van der Waals surface area contributed by atoms with Crippen LogP contribution in [0.15, 0.2) is 24.3 Å². The Morgan fingerprint density at radius 3 is 2.48 bits per heavy atom. The minimum absolute atomic E-state index is 0. The van der Waals surface area contributed by atoms with Crippen molar-refractivity contribution >= 4 is 29.0 Å². The lowest BCUT2D eigenvalue weighted by Crippen LogP contribution is -2.33. The molecule has 0 bridgehead atoms. The number of ketones is 1. The van der Waals surface area contributed by atoms with Crippen molar-refractivity contribution in [2.45, 2.75) is 13.0 Å². The lowest BCUT2D eigenvalue weighted by atomic mass is 9.89. The van der Waals surface area contributed by atoms with Crippen LogP contribution in [0.1, 0.15) is 28.9 Å². The van der Waals surface area contributed by atoms with Crippen LogP contribution < -0.4 is 14.8 Å². The summed E-state index contributed by atoms with van der Waals surface area (Å²) >= 11 is 0. The van der Waals surface area contributed by atoms with E-state index in [9.17, 15) is 4.79 Å². The molecule has 3 rings (SSSR count). The molecule has 0 fully saturated rings. The average molecular weight is 308 g/mol. The van der Waals surface area contributed by atoms with Gasteiger partial charge in [0.1, 0.15) is 0 Å². The molecule has 1 N–H and O–H groups in total. The lowest BCUT2D eigenvalue weighted by molar-refractivity contribution is 0.0978. The van der Waals surface area contributed by atoms with Crippen molar-refractivity contribution in [1.82, 2.24) is 5.32 Å². The number of benzene rings is 2. The van der Waals surface area contributed by atoms with Gasteiger partial charge >= 0.3 is 0 Å². The van der Waals surface area contributed by atoms with Gasteiger partial charge in [-0.25, -0.2) is 0 Å². The van der Waals surface area contributed by atoms with Gasteiger partial charge in [0, 0.05) is 11.6 Å². The van der Waals surface area contributed by atoms with E-state index in [-0.39, 0.29) is 24.2 Å². The molecular weight excluding hydrogens is 290 g/mol. The van der Waals surface area contributed by atoms with Crippen LogP contribution in [0.4, 0.5) is 0 Å². The Kier molecular flexibility index (Phi) is 4.40. The lowest BCUT2D eigenvalue weighted by Gasteiger charge is -2.24. The molecule has 112 valence electrons. The SMILES string of the molecule is COc1cc2ccc3c(c2cc1OC)C(=O)CNC3C.Cl. The predicted molar refractivity (Wildman–Crippen MR) is 85.0 cm³/mol. The van der Waals surface area contributed by atoms with Crippen LogP contribution in [0, 0.1) is 0 Å². The van der Waals surface area contributed by atoms with Gasteiger partial charge in [0.25, 0.3) is 0 Å². The van der Waals surface area contributed by atoms with Crippen molar-refractivity contribution in [3.63, 3.8) is 0 Å². The van der Waals surface area contributed by atoms with Crippen molar-refractivity contribution in [3.8, 4) is 11.5 Å². The van der Waals surface area contributed by atoms with Crippen LogP contribution >= 0.6 is 12.4 Å². The third kappa shape index (κ3) is 2.45. The summed E-state index contributed by atoms with van der Waals surface area (Å²) in [4.78, 5) is 12.3. The highest BCUT2D eigenvalue weighted by atomic mass is 35.5. The third-order valence-corrected chi connectivity index (χ3v) is 3.87. The Morgan fingerprint density at radius 1 is 1.14 bits per heavy atom. The van der Waals surface area contributed by atoms with Gasteiger partial charge in [0.15, 0.2) is 17.3 Å². The fourth-order valence-electron chi connectivity index (χ4n) is 2.78. The number of carbonyl (C=O) groups excluding carboxylic acids is 1. The second-order valence-electron chi connectivity index (χ2n) is 4.98. The zero-order chi connectivity index (χ0) is 14.3. The first-order chi connectivity index (χ1) is 9.65. The van der Waals surface area contributed by atoms with E-state index >= 15 is 0 Å². The third-order valence-electron chi connectivity index (χ3n) is 3.87. The Morgan fingerprint density at radius 2 is 1.81 bits per heavy atom. The zero-order valence-electron chi connectivity index (χ0n) is 12.2.